The van der Waals surface area contributed by atoms with Crippen LogP contribution >= 0.6 is 7.82 Å². The van der Waals surface area contributed by atoms with Crippen LogP contribution in [0.25, 0.3) is 0 Å². The summed E-state index contributed by atoms with van der Waals surface area (Å²) in [5, 5.41) is 26.7. The van der Waals surface area contributed by atoms with E-state index in [-0.39, 0.29) is 53.6 Å². The molecule has 11 atom stereocenters. The fraction of sp³-hybridized carbons (Fsp3) is 0.683. The number of ketones is 2. The van der Waals surface area contributed by atoms with E-state index in [9.17, 15) is 38.9 Å². The number of aryl methyl sites for hydroxylation is 1. The van der Waals surface area contributed by atoms with E-state index < -0.39 is 61.7 Å². The Balaban J connectivity index is 0.742. The minimum atomic E-state index is -4.88. The summed E-state index contributed by atoms with van der Waals surface area (Å²) in [6, 6.07) is 15.4. The van der Waals surface area contributed by atoms with Crippen molar-refractivity contribution in [1.82, 2.24) is 10.2 Å². The minimum absolute atomic E-state index is 0.00818. The van der Waals surface area contributed by atoms with Crippen LogP contribution in [0.3, 0.4) is 0 Å². The minimum Gasteiger partial charge on any atom is -0.457 e. The number of hydrogen-bond donors (Lipinski definition) is 5. The van der Waals surface area contributed by atoms with Crippen molar-refractivity contribution in [2.24, 2.45) is 40.4 Å². The zero-order chi connectivity index (χ0) is 54.4. The van der Waals surface area contributed by atoms with Crippen LogP contribution in [0, 0.1) is 40.4 Å². The summed E-state index contributed by atoms with van der Waals surface area (Å²) in [7, 11) is -2.83. The van der Waals surface area contributed by atoms with Crippen molar-refractivity contribution < 1.29 is 66.9 Å². The highest BCUT2D eigenvalue weighted by Gasteiger charge is 2.71. The molecular formula is C60H87N3O13P+. The number of rotatable bonds is 25. The molecule has 0 radical (unpaired) electrons. The number of unbranched alkanes of at least 4 members (excludes halogenated alkanes) is 4. The zero-order valence-electron chi connectivity index (χ0n) is 45.8. The van der Waals surface area contributed by atoms with E-state index in [2.05, 4.69) is 50.5 Å². The van der Waals surface area contributed by atoms with Gasteiger partial charge in [0, 0.05) is 55.7 Å². The Morgan fingerprint density at radius 1 is 0.922 bits per heavy atom. The van der Waals surface area contributed by atoms with E-state index in [1.54, 1.807) is 24.3 Å². The highest BCUT2D eigenvalue weighted by Crippen LogP contribution is 2.68. The number of aliphatic hydroxyl groups is 2. The van der Waals surface area contributed by atoms with E-state index in [4.69, 9.17) is 23.5 Å². The number of nitrogens with one attached hydrogen (secondary N) is 1. The predicted molar refractivity (Wildman–Crippen MR) is 290 cm³/mol. The van der Waals surface area contributed by atoms with Crippen LogP contribution in [0.5, 0.6) is 5.75 Å². The van der Waals surface area contributed by atoms with Gasteiger partial charge in [0.2, 0.25) is 0 Å². The molecule has 0 bridgehead atoms. The number of piperazine rings is 1. The van der Waals surface area contributed by atoms with Crippen LogP contribution in [0.2, 0.25) is 0 Å². The van der Waals surface area contributed by atoms with Gasteiger partial charge in [-0.3, -0.25) is 29.1 Å². The molecule has 9 rings (SSSR count). The Morgan fingerprint density at radius 3 is 2.40 bits per heavy atom. The molecule has 2 heterocycles. The number of nitrogens with zero attached hydrogens (tertiary/aromatic N) is 2. The Morgan fingerprint density at radius 2 is 1.65 bits per heavy atom. The Hall–Kier alpha value is -3.64. The van der Waals surface area contributed by atoms with Crippen LogP contribution < -0.4 is 9.84 Å². The van der Waals surface area contributed by atoms with Crippen LogP contribution in [0.1, 0.15) is 127 Å². The summed E-state index contributed by atoms with van der Waals surface area (Å²) in [5.74, 6) is -1.24. The first-order valence-corrected chi connectivity index (χ1v) is 30.5. The second-order valence-corrected chi connectivity index (χ2v) is 25.6. The number of esters is 1. The topological polar surface area (TPSA) is 211 Å². The van der Waals surface area contributed by atoms with Gasteiger partial charge in [0.1, 0.15) is 18.9 Å². The molecule has 7 aliphatic rings. The van der Waals surface area contributed by atoms with E-state index in [0.29, 0.717) is 61.3 Å². The molecule has 5 aliphatic carbocycles. The number of fused-ring (bicyclic) bond motifs is 7. The monoisotopic (exact) mass is 1090 g/mol. The van der Waals surface area contributed by atoms with Gasteiger partial charge in [-0.05, 0) is 123 Å². The number of ether oxygens (including phenoxy) is 4. The average Bonchev–Trinajstić information content (AvgIpc) is 4.06. The van der Waals surface area contributed by atoms with Crippen LogP contribution in [-0.4, -0.2) is 144 Å². The third-order valence-corrected chi connectivity index (χ3v) is 19.4. The maximum absolute atomic E-state index is 14.7. The number of carbonyl (C=O) groups is 3. The third kappa shape index (κ3) is 13.9. The van der Waals surface area contributed by atoms with Crippen molar-refractivity contribution in [2.75, 3.05) is 72.7 Å². The van der Waals surface area contributed by atoms with Gasteiger partial charge in [0.05, 0.1) is 57.0 Å². The lowest BCUT2D eigenvalue weighted by molar-refractivity contribution is -0.926. The number of allylic oxidation sites excluding steroid dienone is 4. The fourth-order valence-corrected chi connectivity index (χ4v) is 15.4. The number of hydrogen-bond acceptors (Lipinski definition) is 13. The summed E-state index contributed by atoms with van der Waals surface area (Å²) < 4.78 is 43.2. The van der Waals surface area contributed by atoms with Gasteiger partial charge in [-0.15, -0.1) is 0 Å². The van der Waals surface area contributed by atoms with Crippen molar-refractivity contribution in [1.29, 1.82) is 0 Å². The standard InChI is InChI=1S/C60H86N3O13P/c1-59-26-25-46(64)35-45(59)22-23-47-53(59)48(65)36-60(2)54(47)56-57(75-58(74-56)42-19-10-7-11-20-42)55(60)50(67)40-73-52(68)38-62-28-30-63(3,31-29-62)39-44-34-43(21-24-51(44)76-77(69,70)71)49(66)37-61-27-13-4-5-14-32-72-33-15-12-18-41-16-8-6-9-17-41/h6,8-9,16-17,21,24-26,34-35,42,47-49,53-58,61,65-66H,4-5,7,10-15,18-20,22-23,27-33,36-40H2,1-3H3,(H-,69,70,71)/p+1/t47?,48-,49?,53?,54?,55-,56?,57+,58+,59-,60-/m0/s1. The van der Waals surface area contributed by atoms with E-state index in [0.717, 1.165) is 109 Å². The van der Waals surface area contributed by atoms with Gasteiger partial charge in [-0.25, -0.2) is 4.57 Å². The first kappa shape index (κ1) is 58.0. The number of likely N-dealkylation sites (N-methyl/N-ethyl adjacent to an activating group) is 1. The Bertz CT molecular complexity index is 2450. The SMILES string of the molecule is C[C@]12C=CC(=O)C=C1CCC1C2[C@@H](O)C[C@@]2(C)C1C1O[C@@H](C3CCCCC3)O[C@@H]1[C@@H]2C(=O)COC(=O)CN1CC[N+](C)(Cc2cc(C(O)CNCCCCCCOCCCCc3ccccc3)ccc2OP(=O)(O)O)CC1. The second kappa shape index (κ2) is 25.4. The van der Waals surface area contributed by atoms with Crippen LogP contribution in [0.4, 0.5) is 0 Å². The zero-order valence-corrected chi connectivity index (χ0v) is 46.7. The quantitative estimate of drug-likeness (QED) is 0.0281. The van der Waals surface area contributed by atoms with Crippen molar-refractivity contribution >= 4 is 25.4 Å². The number of phosphoric ester groups is 1. The van der Waals surface area contributed by atoms with Gasteiger partial charge in [0.25, 0.3) is 0 Å². The molecule has 2 aliphatic heterocycles. The molecule has 6 fully saturated rings. The van der Waals surface area contributed by atoms with Crippen molar-refractivity contribution in [3.63, 3.8) is 0 Å². The lowest BCUT2D eigenvalue weighted by atomic mass is 9.46. The first-order chi connectivity index (χ1) is 36.9. The highest BCUT2D eigenvalue weighted by molar-refractivity contribution is 7.46. The molecule has 2 saturated heterocycles. The lowest BCUT2D eigenvalue weighted by Gasteiger charge is -2.59. The highest BCUT2D eigenvalue weighted by atomic mass is 31.2. The number of carbonyl (C=O) groups excluding carboxylic acids is 3. The van der Waals surface area contributed by atoms with Crippen molar-refractivity contribution in [2.45, 2.75) is 147 Å². The molecular weight excluding hydrogens is 1000 g/mol. The third-order valence-electron chi connectivity index (χ3n) is 18.9. The molecule has 2 aromatic rings. The summed E-state index contributed by atoms with van der Waals surface area (Å²) in [6.45, 7) is 9.10. The van der Waals surface area contributed by atoms with E-state index >= 15 is 0 Å². The summed E-state index contributed by atoms with van der Waals surface area (Å²) in [5.41, 5.74) is 2.46. The molecule has 0 amide bonds. The smallest absolute Gasteiger partial charge is 0.457 e. The molecule has 17 heteroatoms. The van der Waals surface area contributed by atoms with Gasteiger partial charge < -0.3 is 43.5 Å². The average molecular weight is 1090 g/mol. The molecule has 0 spiro atoms. The largest absolute Gasteiger partial charge is 0.524 e. The predicted octanol–water partition coefficient (Wildman–Crippen LogP) is 7.56. The normalized spacial score (nSPS) is 31.4. The lowest BCUT2D eigenvalue weighted by Crippen LogP contribution is -2.58. The van der Waals surface area contributed by atoms with Gasteiger partial charge in [-0.2, -0.15) is 0 Å². The molecule has 424 valence electrons. The number of benzene rings is 2. The van der Waals surface area contributed by atoms with Crippen molar-refractivity contribution in [3.8, 4) is 5.75 Å². The number of quaternary nitrogens is 1. The molecule has 5 N–H and O–H groups in total. The molecule has 4 saturated carbocycles. The molecule has 2 aromatic carbocycles. The molecule has 77 heavy (non-hydrogen) atoms. The number of phosphoric acid groups is 1. The molecule has 0 aromatic heterocycles. The van der Waals surface area contributed by atoms with E-state index in [1.165, 1.54) is 18.1 Å². The number of Topliss-reactive ketones (excluding diaryl/α,β-unsaturated/α-hetero) is 1. The van der Waals surface area contributed by atoms with Crippen molar-refractivity contribution in [3.05, 3.63) is 89.0 Å². The number of aliphatic hydroxyl groups excluding tert-OH is 2. The second-order valence-electron chi connectivity index (χ2n) is 24.4. The summed E-state index contributed by atoms with van der Waals surface area (Å²) in [4.78, 5) is 62.4. The fourth-order valence-electron chi connectivity index (χ4n) is 15.0. The van der Waals surface area contributed by atoms with Gasteiger partial charge >= 0.3 is 13.8 Å². The van der Waals surface area contributed by atoms with E-state index in [1.807, 2.05) is 17.0 Å². The maximum Gasteiger partial charge on any atom is 0.524 e. The molecule has 16 nitrogen and oxygen atoms in total. The Labute approximate surface area is 456 Å². The van der Waals surface area contributed by atoms with Gasteiger partial charge in [0.15, 0.2) is 17.9 Å². The summed E-state index contributed by atoms with van der Waals surface area (Å²) in [6.07, 6.45) is 17.3. The van der Waals surface area contributed by atoms with Crippen LogP contribution in [0.15, 0.2) is 72.3 Å². The summed E-state index contributed by atoms with van der Waals surface area (Å²) >= 11 is 0. The van der Waals surface area contributed by atoms with Crippen LogP contribution in [-0.2, 0) is 50.9 Å². The first-order valence-electron chi connectivity index (χ1n) is 29.0. The van der Waals surface area contributed by atoms with Gasteiger partial charge in [-0.1, -0.05) is 94.0 Å². The maximum atomic E-state index is 14.7. The molecule has 5 unspecified atom stereocenters. The Kier molecular flexibility index (Phi) is 19.2.